The number of hydrogen-bond donors (Lipinski definition) is 3. The van der Waals surface area contributed by atoms with Crippen molar-refractivity contribution in [2.75, 3.05) is 6.54 Å². The van der Waals surface area contributed by atoms with Gasteiger partial charge in [0.05, 0.1) is 0 Å². The van der Waals surface area contributed by atoms with Gasteiger partial charge in [-0.05, 0) is 45.4 Å². The second kappa shape index (κ2) is 7.46. The van der Waals surface area contributed by atoms with Gasteiger partial charge >= 0.3 is 0 Å². The highest BCUT2D eigenvalue weighted by atomic mass is 19.1. The number of ether oxygens (including phenoxy) is 1. The smallest absolute Gasteiger partial charge is 0.233 e. The molecule has 2 aliphatic heterocycles. The summed E-state index contributed by atoms with van der Waals surface area (Å²) in [7, 11) is 0. The summed E-state index contributed by atoms with van der Waals surface area (Å²) in [6.45, 7) is 8.38. The zero-order valence-corrected chi connectivity index (χ0v) is 17.6. The molecule has 0 aliphatic carbocycles. The molecule has 2 aromatic heterocycles. The maximum Gasteiger partial charge on any atom is 0.233 e. The van der Waals surface area contributed by atoms with Crippen LogP contribution < -0.4 is 15.5 Å². The Kier molecular flexibility index (Phi) is 5.09. The van der Waals surface area contributed by atoms with Crippen molar-refractivity contribution in [2.24, 2.45) is 5.10 Å². The zero-order valence-electron chi connectivity index (χ0n) is 17.6. The van der Waals surface area contributed by atoms with Crippen LogP contribution >= 0.6 is 0 Å². The summed E-state index contributed by atoms with van der Waals surface area (Å²) >= 11 is 0. The van der Waals surface area contributed by atoms with E-state index in [0.29, 0.717) is 24.4 Å². The largest absolute Gasteiger partial charge is 0.506 e. The van der Waals surface area contributed by atoms with E-state index in [2.05, 4.69) is 31.0 Å². The van der Waals surface area contributed by atoms with Gasteiger partial charge in [0.1, 0.15) is 23.2 Å². The lowest BCUT2D eigenvalue weighted by Gasteiger charge is -2.48. The number of aromatic hydroxyl groups is 1. The van der Waals surface area contributed by atoms with Crippen molar-refractivity contribution < 1.29 is 14.2 Å². The first-order chi connectivity index (χ1) is 14.1. The zero-order chi connectivity index (χ0) is 21.5. The van der Waals surface area contributed by atoms with Crippen LogP contribution in [0, 0.1) is 0 Å². The first-order valence-electron chi connectivity index (χ1n) is 10.0. The number of nitrogens with zero attached hydrogens (tertiary/aromatic N) is 4. The van der Waals surface area contributed by atoms with Crippen molar-refractivity contribution in [2.45, 2.75) is 63.4 Å². The molecule has 0 saturated carbocycles. The number of pyridine rings is 1. The lowest BCUT2D eigenvalue weighted by Crippen LogP contribution is -2.66. The standard InChI is InChI=1S/C21H27FN6O2/c1-20(2)8-16(19(22)21(3,4)28-20)30-17-6-5-14(26-27-17)18-15(29)7-12(9-23-18)13-10-24-25-11-13/h5-7,9-10,13,16,19,25,28-29H,8,11H2,1-4H3/t13?,16-,19-/m1/s1. The Labute approximate surface area is 175 Å². The number of halogens is 1. The van der Waals surface area contributed by atoms with E-state index >= 15 is 0 Å². The van der Waals surface area contributed by atoms with Crippen LogP contribution in [0.3, 0.4) is 0 Å². The Hall–Kier alpha value is -2.81. The van der Waals surface area contributed by atoms with Gasteiger partial charge in [0.15, 0.2) is 6.17 Å². The molecular weight excluding hydrogens is 387 g/mol. The van der Waals surface area contributed by atoms with Crippen LogP contribution in [0.2, 0.25) is 0 Å². The molecule has 0 aromatic carbocycles. The van der Waals surface area contributed by atoms with E-state index in [1.807, 2.05) is 27.7 Å². The molecule has 30 heavy (non-hydrogen) atoms. The van der Waals surface area contributed by atoms with E-state index in [1.54, 1.807) is 30.6 Å². The molecule has 3 N–H and O–H groups in total. The Morgan fingerprint density at radius 2 is 2.00 bits per heavy atom. The van der Waals surface area contributed by atoms with Crippen LogP contribution in [0.25, 0.3) is 11.4 Å². The molecule has 0 bridgehead atoms. The molecule has 2 aliphatic rings. The summed E-state index contributed by atoms with van der Waals surface area (Å²) in [5.41, 5.74) is 3.51. The summed E-state index contributed by atoms with van der Waals surface area (Å²) in [6.07, 6.45) is 2.15. The molecule has 8 nitrogen and oxygen atoms in total. The number of alkyl halides is 1. The van der Waals surface area contributed by atoms with Crippen molar-refractivity contribution in [3.8, 4) is 23.0 Å². The molecule has 0 radical (unpaired) electrons. The second-order valence-corrected chi connectivity index (χ2v) is 9.13. The second-order valence-electron chi connectivity index (χ2n) is 9.13. The average Bonchev–Trinajstić information content (AvgIpc) is 3.20. The third kappa shape index (κ3) is 4.07. The molecule has 1 unspecified atom stereocenters. The Morgan fingerprint density at radius 1 is 1.20 bits per heavy atom. The molecule has 1 saturated heterocycles. The van der Waals surface area contributed by atoms with Crippen LogP contribution in [-0.4, -0.2) is 56.4 Å². The predicted octanol–water partition coefficient (Wildman–Crippen LogP) is 2.55. The summed E-state index contributed by atoms with van der Waals surface area (Å²) in [6, 6.07) is 4.94. The van der Waals surface area contributed by atoms with Gasteiger partial charge in [-0.3, -0.25) is 4.98 Å². The van der Waals surface area contributed by atoms with Gasteiger partial charge in [0, 0.05) is 48.4 Å². The Balaban J connectivity index is 1.50. The van der Waals surface area contributed by atoms with Crippen LogP contribution in [-0.2, 0) is 0 Å². The van der Waals surface area contributed by atoms with Crippen LogP contribution in [0.15, 0.2) is 29.5 Å². The van der Waals surface area contributed by atoms with Crippen LogP contribution in [0.4, 0.5) is 4.39 Å². The third-order valence-electron chi connectivity index (χ3n) is 5.52. The topological polar surface area (TPSA) is 105 Å². The van der Waals surface area contributed by atoms with Gasteiger partial charge in [-0.1, -0.05) is 0 Å². The van der Waals surface area contributed by atoms with Gasteiger partial charge in [0.25, 0.3) is 0 Å². The normalized spacial score (nSPS) is 26.9. The van der Waals surface area contributed by atoms with E-state index in [1.165, 1.54) is 0 Å². The quantitative estimate of drug-likeness (QED) is 0.706. The molecule has 0 amide bonds. The molecular formula is C21H27FN6O2. The van der Waals surface area contributed by atoms with Crippen molar-refractivity contribution in [3.63, 3.8) is 0 Å². The summed E-state index contributed by atoms with van der Waals surface area (Å²) in [4.78, 5) is 4.34. The first-order valence-corrected chi connectivity index (χ1v) is 10.0. The van der Waals surface area contributed by atoms with E-state index in [9.17, 15) is 9.50 Å². The van der Waals surface area contributed by atoms with E-state index in [-0.39, 0.29) is 23.1 Å². The van der Waals surface area contributed by atoms with Crippen molar-refractivity contribution in [1.29, 1.82) is 0 Å². The number of rotatable bonds is 4. The average molecular weight is 414 g/mol. The van der Waals surface area contributed by atoms with Gasteiger partial charge in [-0.15, -0.1) is 10.2 Å². The fourth-order valence-electron chi connectivity index (χ4n) is 4.25. The van der Waals surface area contributed by atoms with Gasteiger partial charge in [0.2, 0.25) is 5.88 Å². The van der Waals surface area contributed by atoms with E-state index in [4.69, 9.17) is 4.74 Å². The third-order valence-corrected chi connectivity index (χ3v) is 5.52. The number of hydrazone groups is 1. The molecule has 9 heteroatoms. The molecule has 2 aromatic rings. The predicted molar refractivity (Wildman–Crippen MR) is 111 cm³/mol. The number of piperidine rings is 1. The Morgan fingerprint density at radius 3 is 2.63 bits per heavy atom. The molecule has 3 atom stereocenters. The Bertz CT molecular complexity index is 947. The summed E-state index contributed by atoms with van der Waals surface area (Å²) in [5, 5.41) is 25.9. The number of hydrogen-bond acceptors (Lipinski definition) is 8. The molecule has 1 fully saturated rings. The minimum Gasteiger partial charge on any atom is -0.506 e. The lowest BCUT2D eigenvalue weighted by atomic mass is 9.79. The molecule has 4 heterocycles. The molecule has 160 valence electrons. The summed E-state index contributed by atoms with van der Waals surface area (Å²) in [5.74, 6) is 0.331. The van der Waals surface area contributed by atoms with Crippen molar-refractivity contribution >= 4 is 6.21 Å². The fraction of sp³-hybridized carbons (Fsp3) is 0.524. The minimum absolute atomic E-state index is 0.0152. The maximum absolute atomic E-state index is 14.9. The molecule has 0 spiro atoms. The summed E-state index contributed by atoms with van der Waals surface area (Å²) < 4.78 is 20.8. The highest BCUT2D eigenvalue weighted by molar-refractivity contribution is 5.71. The van der Waals surface area contributed by atoms with Crippen molar-refractivity contribution in [3.05, 3.63) is 30.0 Å². The van der Waals surface area contributed by atoms with Crippen molar-refractivity contribution in [1.82, 2.24) is 25.9 Å². The maximum atomic E-state index is 14.9. The minimum atomic E-state index is -1.20. The van der Waals surface area contributed by atoms with E-state index in [0.717, 1.165) is 5.56 Å². The van der Waals surface area contributed by atoms with Gasteiger partial charge in [-0.2, -0.15) is 5.10 Å². The monoisotopic (exact) mass is 414 g/mol. The highest BCUT2D eigenvalue weighted by Gasteiger charge is 2.47. The first kappa shape index (κ1) is 20.5. The van der Waals surface area contributed by atoms with Crippen LogP contribution in [0.5, 0.6) is 11.6 Å². The van der Waals surface area contributed by atoms with Gasteiger partial charge in [-0.25, -0.2) is 4.39 Å². The lowest BCUT2D eigenvalue weighted by molar-refractivity contribution is -0.0281. The SMILES string of the molecule is CC1(C)C[C@@H](Oc2ccc(-c3ncc(C4C=NNC4)cc3O)nn2)[C@@H](F)C(C)(C)N1. The fourth-order valence-corrected chi connectivity index (χ4v) is 4.25. The number of aromatic nitrogens is 3. The van der Waals surface area contributed by atoms with E-state index < -0.39 is 17.8 Å². The molecule has 4 rings (SSSR count). The van der Waals surface area contributed by atoms with Gasteiger partial charge < -0.3 is 20.6 Å². The number of nitrogens with one attached hydrogen (secondary N) is 2. The highest BCUT2D eigenvalue weighted by Crippen LogP contribution is 2.34. The van der Waals surface area contributed by atoms with Crippen LogP contribution in [0.1, 0.15) is 45.6 Å².